The summed E-state index contributed by atoms with van der Waals surface area (Å²) < 4.78 is 18.8. The molecule has 0 spiro atoms. The van der Waals surface area contributed by atoms with Crippen molar-refractivity contribution in [2.45, 2.75) is 20.1 Å². The van der Waals surface area contributed by atoms with Crippen LogP contribution in [0.3, 0.4) is 0 Å². The first kappa shape index (κ1) is 13.6. The van der Waals surface area contributed by atoms with E-state index in [1.807, 2.05) is 26.1 Å². The number of hydrogen-bond acceptors (Lipinski definition) is 2. The Bertz CT molecular complexity index is 554. The van der Waals surface area contributed by atoms with E-state index in [1.54, 1.807) is 6.07 Å². The molecule has 19 heavy (non-hydrogen) atoms. The van der Waals surface area contributed by atoms with E-state index in [0.29, 0.717) is 12.4 Å². The zero-order chi connectivity index (χ0) is 13.7. The monoisotopic (exact) mass is 259 g/mol. The van der Waals surface area contributed by atoms with Gasteiger partial charge in [0.05, 0.1) is 0 Å². The lowest BCUT2D eigenvalue weighted by atomic mass is 10.1. The molecule has 0 saturated heterocycles. The highest BCUT2D eigenvalue weighted by Crippen LogP contribution is 2.20. The molecule has 0 amide bonds. The minimum absolute atomic E-state index is 0.274. The maximum Gasteiger partial charge on any atom is 0.126 e. The molecule has 0 aliphatic rings. The SMILES string of the molecule is CNCc1cccc(COc2cc(F)ccc2C)c1. The molecule has 2 nitrogen and oxygen atoms in total. The van der Waals surface area contributed by atoms with E-state index in [9.17, 15) is 4.39 Å². The van der Waals surface area contributed by atoms with E-state index in [2.05, 4.69) is 17.4 Å². The molecule has 0 aliphatic heterocycles. The molecule has 0 fully saturated rings. The number of halogens is 1. The lowest BCUT2D eigenvalue weighted by Gasteiger charge is -2.10. The van der Waals surface area contributed by atoms with Crippen molar-refractivity contribution in [2.75, 3.05) is 7.05 Å². The number of benzene rings is 2. The van der Waals surface area contributed by atoms with Crippen molar-refractivity contribution in [1.29, 1.82) is 0 Å². The summed E-state index contributed by atoms with van der Waals surface area (Å²) >= 11 is 0. The molecular formula is C16H18FNO. The molecule has 0 unspecified atom stereocenters. The van der Waals surface area contributed by atoms with Crippen LogP contribution in [0.25, 0.3) is 0 Å². The fraction of sp³-hybridized carbons (Fsp3) is 0.250. The molecule has 2 rings (SSSR count). The third-order valence-corrected chi connectivity index (χ3v) is 2.92. The minimum atomic E-state index is -0.274. The first-order valence-corrected chi connectivity index (χ1v) is 6.30. The van der Waals surface area contributed by atoms with E-state index in [4.69, 9.17) is 4.74 Å². The van der Waals surface area contributed by atoms with Crippen LogP contribution in [-0.2, 0) is 13.2 Å². The van der Waals surface area contributed by atoms with Crippen molar-refractivity contribution < 1.29 is 9.13 Å². The summed E-state index contributed by atoms with van der Waals surface area (Å²) in [6.07, 6.45) is 0. The third kappa shape index (κ3) is 3.80. The second-order valence-corrected chi connectivity index (χ2v) is 4.55. The van der Waals surface area contributed by atoms with E-state index in [0.717, 1.165) is 17.7 Å². The molecule has 0 aliphatic carbocycles. The van der Waals surface area contributed by atoms with Crippen LogP contribution in [0.5, 0.6) is 5.75 Å². The Balaban J connectivity index is 2.05. The maximum absolute atomic E-state index is 13.1. The lowest BCUT2D eigenvalue weighted by molar-refractivity contribution is 0.302. The summed E-state index contributed by atoms with van der Waals surface area (Å²) in [7, 11) is 1.92. The first-order chi connectivity index (χ1) is 9.19. The summed E-state index contributed by atoms with van der Waals surface area (Å²) in [5, 5.41) is 3.11. The van der Waals surface area contributed by atoms with Crippen LogP contribution in [0.4, 0.5) is 4.39 Å². The second-order valence-electron chi connectivity index (χ2n) is 4.55. The van der Waals surface area contributed by atoms with Crippen molar-refractivity contribution in [3.05, 3.63) is 65.0 Å². The molecule has 0 heterocycles. The van der Waals surface area contributed by atoms with Gasteiger partial charge in [0.15, 0.2) is 0 Å². The fourth-order valence-corrected chi connectivity index (χ4v) is 1.92. The number of hydrogen-bond donors (Lipinski definition) is 1. The molecule has 2 aromatic carbocycles. The highest BCUT2D eigenvalue weighted by atomic mass is 19.1. The van der Waals surface area contributed by atoms with Crippen LogP contribution >= 0.6 is 0 Å². The largest absolute Gasteiger partial charge is 0.489 e. The topological polar surface area (TPSA) is 21.3 Å². The predicted octanol–water partition coefficient (Wildman–Crippen LogP) is 3.43. The number of aryl methyl sites for hydroxylation is 1. The second kappa shape index (κ2) is 6.34. The lowest BCUT2D eigenvalue weighted by Crippen LogP contribution is -2.05. The van der Waals surface area contributed by atoms with Crippen molar-refractivity contribution in [3.8, 4) is 5.75 Å². The molecular weight excluding hydrogens is 241 g/mol. The minimum Gasteiger partial charge on any atom is -0.489 e. The number of ether oxygens (including phenoxy) is 1. The van der Waals surface area contributed by atoms with E-state index < -0.39 is 0 Å². The Hall–Kier alpha value is -1.87. The zero-order valence-corrected chi connectivity index (χ0v) is 11.2. The van der Waals surface area contributed by atoms with Gasteiger partial charge in [-0.3, -0.25) is 0 Å². The summed E-state index contributed by atoms with van der Waals surface area (Å²) in [6.45, 7) is 3.18. The molecule has 1 N–H and O–H groups in total. The molecule has 2 aromatic rings. The molecule has 3 heteroatoms. The Morgan fingerprint density at radius 1 is 1.11 bits per heavy atom. The Morgan fingerprint density at radius 3 is 2.68 bits per heavy atom. The van der Waals surface area contributed by atoms with Crippen LogP contribution in [0.1, 0.15) is 16.7 Å². The van der Waals surface area contributed by atoms with Crippen LogP contribution in [0, 0.1) is 12.7 Å². The quantitative estimate of drug-likeness (QED) is 0.888. The standard InChI is InChI=1S/C16H18FNO/c1-12-6-7-15(17)9-16(12)19-11-14-5-3-4-13(8-14)10-18-2/h3-9,18H,10-11H2,1-2H3. The van der Waals surface area contributed by atoms with Gasteiger partial charge in [0.2, 0.25) is 0 Å². The number of rotatable bonds is 5. The molecule has 0 bridgehead atoms. The highest BCUT2D eigenvalue weighted by molar-refractivity contribution is 5.33. The van der Waals surface area contributed by atoms with Gasteiger partial charge in [-0.05, 0) is 36.7 Å². The van der Waals surface area contributed by atoms with Crippen molar-refractivity contribution in [3.63, 3.8) is 0 Å². The Morgan fingerprint density at radius 2 is 1.89 bits per heavy atom. The fourth-order valence-electron chi connectivity index (χ4n) is 1.92. The molecule has 100 valence electrons. The van der Waals surface area contributed by atoms with Crippen LogP contribution in [0.15, 0.2) is 42.5 Å². The van der Waals surface area contributed by atoms with Gasteiger partial charge >= 0.3 is 0 Å². The van der Waals surface area contributed by atoms with Gasteiger partial charge in [0.25, 0.3) is 0 Å². The summed E-state index contributed by atoms with van der Waals surface area (Å²) in [4.78, 5) is 0. The Labute approximate surface area is 113 Å². The smallest absolute Gasteiger partial charge is 0.126 e. The van der Waals surface area contributed by atoms with Crippen LogP contribution in [0.2, 0.25) is 0 Å². The average Bonchev–Trinajstić information content (AvgIpc) is 2.41. The summed E-state index contributed by atoms with van der Waals surface area (Å²) in [5.74, 6) is 0.323. The normalized spacial score (nSPS) is 10.5. The van der Waals surface area contributed by atoms with Crippen LogP contribution in [-0.4, -0.2) is 7.05 Å². The molecule has 0 atom stereocenters. The van der Waals surface area contributed by atoms with Gasteiger partial charge in [0.1, 0.15) is 18.2 Å². The summed E-state index contributed by atoms with van der Waals surface area (Å²) in [6, 6.07) is 12.8. The molecule has 0 aromatic heterocycles. The van der Waals surface area contributed by atoms with Crippen molar-refractivity contribution in [2.24, 2.45) is 0 Å². The van der Waals surface area contributed by atoms with E-state index in [1.165, 1.54) is 17.7 Å². The summed E-state index contributed by atoms with van der Waals surface area (Å²) in [5.41, 5.74) is 3.23. The van der Waals surface area contributed by atoms with Gasteiger partial charge in [0, 0.05) is 12.6 Å². The highest BCUT2D eigenvalue weighted by Gasteiger charge is 2.02. The van der Waals surface area contributed by atoms with Gasteiger partial charge in [-0.15, -0.1) is 0 Å². The van der Waals surface area contributed by atoms with Crippen LogP contribution < -0.4 is 10.1 Å². The maximum atomic E-state index is 13.1. The van der Waals surface area contributed by atoms with Gasteiger partial charge in [-0.2, -0.15) is 0 Å². The number of nitrogens with one attached hydrogen (secondary N) is 1. The predicted molar refractivity (Wildman–Crippen MR) is 74.7 cm³/mol. The molecule has 0 saturated carbocycles. The van der Waals surface area contributed by atoms with E-state index in [-0.39, 0.29) is 5.82 Å². The first-order valence-electron chi connectivity index (χ1n) is 6.30. The Kier molecular flexibility index (Phi) is 4.53. The zero-order valence-electron chi connectivity index (χ0n) is 11.2. The van der Waals surface area contributed by atoms with E-state index >= 15 is 0 Å². The average molecular weight is 259 g/mol. The van der Waals surface area contributed by atoms with Gasteiger partial charge in [-0.25, -0.2) is 4.39 Å². The third-order valence-electron chi connectivity index (χ3n) is 2.92. The van der Waals surface area contributed by atoms with Gasteiger partial charge in [-0.1, -0.05) is 30.3 Å². The van der Waals surface area contributed by atoms with Gasteiger partial charge < -0.3 is 10.1 Å². The van der Waals surface area contributed by atoms with Crippen molar-refractivity contribution in [1.82, 2.24) is 5.32 Å². The van der Waals surface area contributed by atoms with Crippen molar-refractivity contribution >= 4 is 0 Å². The molecule has 0 radical (unpaired) electrons.